The third-order valence-corrected chi connectivity index (χ3v) is 3.48. The Bertz CT molecular complexity index is 599. The highest BCUT2D eigenvalue weighted by Crippen LogP contribution is 2.21. The molecule has 0 amide bonds. The zero-order valence-corrected chi connectivity index (χ0v) is 12.5. The minimum Gasteiger partial charge on any atom is -0.494 e. The molecule has 2 heterocycles. The van der Waals surface area contributed by atoms with Crippen molar-refractivity contribution in [3.63, 3.8) is 0 Å². The Kier molecular flexibility index (Phi) is 4.55. The van der Waals surface area contributed by atoms with Crippen LogP contribution in [0.2, 0.25) is 0 Å². The molecule has 2 atom stereocenters. The molecule has 7 heteroatoms. The van der Waals surface area contributed by atoms with E-state index >= 15 is 0 Å². The Morgan fingerprint density at radius 2 is 1.95 bits per heavy atom. The topological polar surface area (TPSA) is 92.3 Å². The van der Waals surface area contributed by atoms with Crippen molar-refractivity contribution in [2.45, 2.75) is 32.1 Å². The largest absolute Gasteiger partial charge is 0.494 e. The van der Waals surface area contributed by atoms with Gasteiger partial charge in [-0.1, -0.05) is 0 Å². The minimum absolute atomic E-state index is 0.00507. The molecule has 1 saturated heterocycles. The molecular formula is C15H20N4O3. The van der Waals surface area contributed by atoms with Gasteiger partial charge in [-0.3, -0.25) is 5.10 Å². The Morgan fingerprint density at radius 1 is 1.23 bits per heavy atom. The normalized spacial score (nSPS) is 21.0. The second kappa shape index (κ2) is 6.76. The molecular weight excluding hydrogens is 284 g/mol. The van der Waals surface area contributed by atoms with Crippen LogP contribution in [-0.2, 0) is 6.61 Å². The fraction of sp³-hybridized carbons (Fsp3) is 0.467. The van der Waals surface area contributed by atoms with E-state index in [1.807, 2.05) is 31.2 Å². The van der Waals surface area contributed by atoms with Gasteiger partial charge >= 0.3 is 0 Å². The predicted octanol–water partition coefficient (Wildman–Crippen LogP) is 1.18. The molecule has 2 aromatic rings. The monoisotopic (exact) mass is 304 g/mol. The van der Waals surface area contributed by atoms with Crippen molar-refractivity contribution < 1.29 is 14.6 Å². The van der Waals surface area contributed by atoms with Crippen LogP contribution in [-0.4, -0.2) is 39.5 Å². The maximum atomic E-state index is 9.52. The molecule has 1 aliphatic heterocycles. The summed E-state index contributed by atoms with van der Waals surface area (Å²) in [4.78, 5) is 4.40. The van der Waals surface area contributed by atoms with Gasteiger partial charge in [0.1, 0.15) is 18.1 Å². The van der Waals surface area contributed by atoms with E-state index in [0.29, 0.717) is 37.8 Å². The quantitative estimate of drug-likeness (QED) is 0.742. The molecule has 0 bridgehead atoms. The van der Waals surface area contributed by atoms with Crippen LogP contribution in [0, 0.1) is 0 Å². The number of rotatable bonds is 6. The van der Waals surface area contributed by atoms with Crippen LogP contribution < -0.4 is 14.8 Å². The smallest absolute Gasteiger partial charge is 0.167 e. The Balaban J connectivity index is 1.54. The molecule has 3 rings (SSSR count). The number of aromatic amines is 1. The number of nitrogens with one attached hydrogen (secondary N) is 2. The lowest BCUT2D eigenvalue weighted by Gasteiger charge is -2.06. The fourth-order valence-electron chi connectivity index (χ4n) is 2.39. The van der Waals surface area contributed by atoms with Crippen LogP contribution in [0.5, 0.6) is 11.5 Å². The molecule has 1 fully saturated rings. The lowest BCUT2D eigenvalue weighted by atomic mass is 10.2. The molecule has 118 valence electrons. The number of β-amino-alcohol motifs (C(OH)–C–C–N with tert-alkyl or cyclic N) is 1. The number of aliphatic hydroxyl groups is 1. The fourth-order valence-corrected chi connectivity index (χ4v) is 2.39. The van der Waals surface area contributed by atoms with E-state index < -0.39 is 0 Å². The maximum absolute atomic E-state index is 9.52. The van der Waals surface area contributed by atoms with E-state index in [2.05, 4.69) is 20.5 Å². The molecule has 0 saturated carbocycles. The van der Waals surface area contributed by atoms with Gasteiger partial charge in [-0.25, -0.2) is 4.98 Å². The lowest BCUT2D eigenvalue weighted by Crippen LogP contribution is -2.15. The van der Waals surface area contributed by atoms with Crippen LogP contribution in [0.3, 0.4) is 0 Å². The third-order valence-electron chi connectivity index (χ3n) is 3.48. The van der Waals surface area contributed by atoms with Gasteiger partial charge in [0.05, 0.1) is 18.8 Å². The first-order valence-electron chi connectivity index (χ1n) is 7.43. The molecule has 0 unspecified atom stereocenters. The molecule has 3 N–H and O–H groups in total. The molecule has 0 aliphatic carbocycles. The second-order valence-corrected chi connectivity index (χ2v) is 5.18. The number of ether oxygens (including phenoxy) is 2. The first-order valence-corrected chi connectivity index (χ1v) is 7.43. The van der Waals surface area contributed by atoms with E-state index in [4.69, 9.17) is 9.47 Å². The summed E-state index contributed by atoms with van der Waals surface area (Å²) in [5, 5.41) is 19.7. The van der Waals surface area contributed by atoms with Gasteiger partial charge in [-0.2, -0.15) is 5.10 Å². The van der Waals surface area contributed by atoms with Crippen molar-refractivity contribution in [3.05, 3.63) is 35.9 Å². The Morgan fingerprint density at radius 3 is 2.59 bits per heavy atom. The van der Waals surface area contributed by atoms with Gasteiger partial charge in [0.2, 0.25) is 0 Å². The molecule has 22 heavy (non-hydrogen) atoms. The van der Waals surface area contributed by atoms with Crippen LogP contribution in [0.4, 0.5) is 0 Å². The van der Waals surface area contributed by atoms with Gasteiger partial charge in [-0.15, -0.1) is 0 Å². The summed E-state index contributed by atoms with van der Waals surface area (Å²) >= 11 is 0. The Hall–Kier alpha value is -2.12. The number of aliphatic hydroxyl groups excluding tert-OH is 1. The molecule has 1 aliphatic rings. The molecule has 0 radical (unpaired) electrons. The van der Waals surface area contributed by atoms with Crippen molar-refractivity contribution in [3.8, 4) is 11.5 Å². The van der Waals surface area contributed by atoms with Crippen LogP contribution in [0.25, 0.3) is 0 Å². The van der Waals surface area contributed by atoms with E-state index in [-0.39, 0.29) is 12.1 Å². The summed E-state index contributed by atoms with van der Waals surface area (Å²) in [6, 6.07) is 7.46. The summed E-state index contributed by atoms with van der Waals surface area (Å²) in [6.07, 6.45) is 0.309. The maximum Gasteiger partial charge on any atom is 0.167 e. The van der Waals surface area contributed by atoms with Crippen molar-refractivity contribution in [1.29, 1.82) is 0 Å². The summed E-state index contributed by atoms with van der Waals surface area (Å²) in [7, 11) is 0. The van der Waals surface area contributed by atoms with E-state index in [1.165, 1.54) is 0 Å². The zero-order chi connectivity index (χ0) is 15.4. The van der Waals surface area contributed by atoms with Gasteiger partial charge in [0.15, 0.2) is 11.6 Å². The summed E-state index contributed by atoms with van der Waals surface area (Å²) in [5.41, 5.74) is 0. The summed E-state index contributed by atoms with van der Waals surface area (Å²) in [5.74, 6) is 2.90. The number of hydrogen-bond acceptors (Lipinski definition) is 6. The average molecular weight is 304 g/mol. The van der Waals surface area contributed by atoms with Crippen molar-refractivity contribution in [1.82, 2.24) is 20.5 Å². The molecule has 1 aromatic carbocycles. The van der Waals surface area contributed by atoms with Crippen LogP contribution in [0.15, 0.2) is 24.3 Å². The molecule has 7 nitrogen and oxygen atoms in total. The SMILES string of the molecule is CCOc1ccc(OCc2nc([C@@H]3C[C@@H](O)CN3)n[nH]2)cc1. The first-order chi connectivity index (χ1) is 10.7. The number of aromatic nitrogens is 3. The van der Waals surface area contributed by atoms with E-state index in [9.17, 15) is 5.11 Å². The highest BCUT2D eigenvalue weighted by molar-refractivity contribution is 5.31. The molecule has 0 spiro atoms. The van der Waals surface area contributed by atoms with Gasteiger partial charge in [-0.05, 0) is 37.6 Å². The van der Waals surface area contributed by atoms with E-state index in [0.717, 1.165) is 11.5 Å². The van der Waals surface area contributed by atoms with Crippen LogP contribution >= 0.6 is 0 Å². The van der Waals surface area contributed by atoms with Crippen molar-refractivity contribution in [2.24, 2.45) is 0 Å². The van der Waals surface area contributed by atoms with Gasteiger partial charge in [0.25, 0.3) is 0 Å². The second-order valence-electron chi connectivity index (χ2n) is 5.18. The number of nitrogens with zero attached hydrogens (tertiary/aromatic N) is 2. The number of benzene rings is 1. The van der Waals surface area contributed by atoms with E-state index in [1.54, 1.807) is 0 Å². The zero-order valence-electron chi connectivity index (χ0n) is 12.5. The summed E-state index contributed by atoms with van der Waals surface area (Å²) in [6.45, 7) is 3.49. The number of hydrogen-bond donors (Lipinski definition) is 3. The van der Waals surface area contributed by atoms with Gasteiger partial charge < -0.3 is 19.9 Å². The van der Waals surface area contributed by atoms with Gasteiger partial charge in [0, 0.05) is 6.54 Å². The summed E-state index contributed by atoms with van der Waals surface area (Å²) < 4.78 is 11.0. The minimum atomic E-state index is -0.327. The highest BCUT2D eigenvalue weighted by Gasteiger charge is 2.26. The third kappa shape index (κ3) is 3.55. The van der Waals surface area contributed by atoms with Crippen LogP contribution in [0.1, 0.15) is 31.0 Å². The predicted molar refractivity (Wildman–Crippen MR) is 79.7 cm³/mol. The first kappa shape index (κ1) is 14.8. The van der Waals surface area contributed by atoms with Crippen molar-refractivity contribution in [2.75, 3.05) is 13.2 Å². The lowest BCUT2D eigenvalue weighted by molar-refractivity contribution is 0.193. The molecule has 1 aromatic heterocycles. The Labute approximate surface area is 128 Å². The van der Waals surface area contributed by atoms with Crippen molar-refractivity contribution >= 4 is 0 Å². The standard InChI is InChI=1S/C15H20N4O3/c1-2-21-11-3-5-12(6-4-11)22-9-14-17-15(19-18-14)13-7-10(20)8-16-13/h3-6,10,13,16,20H,2,7-9H2,1H3,(H,17,18,19)/t10-,13+/m1/s1. The number of H-pyrrole nitrogens is 1. The average Bonchev–Trinajstić information content (AvgIpc) is 3.16. The highest BCUT2D eigenvalue weighted by atomic mass is 16.5.